The molecule has 0 unspecified atom stereocenters. The van der Waals surface area contributed by atoms with Crippen LogP contribution in [0.1, 0.15) is 15.2 Å². The number of carbonyl (C=O) groups is 2. The summed E-state index contributed by atoms with van der Waals surface area (Å²) >= 11 is 2.63. The van der Waals surface area contributed by atoms with Crippen molar-refractivity contribution in [3.63, 3.8) is 0 Å². The maximum absolute atomic E-state index is 12.1. The van der Waals surface area contributed by atoms with Crippen LogP contribution in [-0.4, -0.2) is 31.3 Å². The molecule has 0 saturated carbocycles. The number of amidine groups is 1. The standard InChI is InChI=1S/C17H14N2O5S2/c1-23-12-7-10(16(21)22)11(8-13(12)24-2)18-17-19-15(20)14(26-17)6-9-4-3-5-25-9/h3-8H,1-2H3,(H,21,22)(H,18,19,20)/p-1/b14-6-. The van der Waals surface area contributed by atoms with Crippen molar-refractivity contribution in [2.45, 2.75) is 0 Å². The Hall–Kier alpha value is -2.78. The molecule has 1 saturated heterocycles. The van der Waals surface area contributed by atoms with Crippen molar-refractivity contribution >= 4 is 51.9 Å². The topological polar surface area (TPSA) is 100 Å². The van der Waals surface area contributed by atoms with Crippen LogP contribution < -0.4 is 19.9 Å². The lowest BCUT2D eigenvalue weighted by Crippen LogP contribution is -2.23. The second kappa shape index (κ2) is 7.63. The van der Waals surface area contributed by atoms with Gasteiger partial charge in [0, 0.05) is 16.5 Å². The van der Waals surface area contributed by atoms with Gasteiger partial charge in [-0.2, -0.15) is 0 Å². The molecule has 0 atom stereocenters. The van der Waals surface area contributed by atoms with Crippen LogP contribution in [0.2, 0.25) is 0 Å². The minimum Gasteiger partial charge on any atom is -0.545 e. The number of thiophene rings is 1. The van der Waals surface area contributed by atoms with Crippen molar-refractivity contribution in [2.75, 3.05) is 14.2 Å². The first-order chi connectivity index (χ1) is 12.5. The molecular formula is C17H13N2O5S2-. The Bertz CT molecular complexity index is 919. The Kier molecular flexibility index (Phi) is 5.29. The molecule has 1 aliphatic heterocycles. The van der Waals surface area contributed by atoms with Gasteiger partial charge in [-0.15, -0.1) is 11.3 Å². The summed E-state index contributed by atoms with van der Waals surface area (Å²) in [5.41, 5.74) is -0.0662. The Labute approximate surface area is 157 Å². The summed E-state index contributed by atoms with van der Waals surface area (Å²) in [6.07, 6.45) is 1.75. The summed E-state index contributed by atoms with van der Waals surface area (Å²) in [6, 6.07) is 6.48. The fraction of sp³-hybridized carbons (Fsp3) is 0.118. The number of aliphatic imine (C=N–C) groups is 1. The fourth-order valence-electron chi connectivity index (χ4n) is 2.22. The summed E-state index contributed by atoms with van der Waals surface area (Å²) in [7, 11) is 2.83. The monoisotopic (exact) mass is 389 g/mol. The van der Waals surface area contributed by atoms with Crippen LogP contribution in [0.15, 0.2) is 39.5 Å². The molecule has 1 fully saturated rings. The zero-order valence-electron chi connectivity index (χ0n) is 13.8. The van der Waals surface area contributed by atoms with Gasteiger partial charge in [0.05, 0.1) is 30.8 Å². The summed E-state index contributed by atoms with van der Waals surface area (Å²) in [6.45, 7) is 0. The molecule has 26 heavy (non-hydrogen) atoms. The minimum absolute atomic E-state index is 0.0998. The van der Waals surface area contributed by atoms with E-state index in [2.05, 4.69) is 10.3 Å². The molecule has 134 valence electrons. The average molecular weight is 389 g/mol. The van der Waals surface area contributed by atoms with Crippen LogP contribution in [0.3, 0.4) is 0 Å². The number of ether oxygens (including phenoxy) is 2. The van der Waals surface area contributed by atoms with E-state index in [1.165, 1.54) is 37.7 Å². The van der Waals surface area contributed by atoms with Gasteiger partial charge in [0.2, 0.25) is 0 Å². The highest BCUT2D eigenvalue weighted by molar-refractivity contribution is 8.18. The molecule has 0 spiro atoms. The van der Waals surface area contributed by atoms with Gasteiger partial charge in [-0.1, -0.05) is 6.07 Å². The van der Waals surface area contributed by atoms with Gasteiger partial charge in [0.1, 0.15) is 0 Å². The number of carboxylic acids is 1. The third-order valence-electron chi connectivity index (χ3n) is 3.41. The lowest BCUT2D eigenvalue weighted by Gasteiger charge is -2.13. The largest absolute Gasteiger partial charge is 0.545 e. The number of benzene rings is 1. The predicted molar refractivity (Wildman–Crippen MR) is 99.0 cm³/mol. The van der Waals surface area contributed by atoms with E-state index in [9.17, 15) is 14.7 Å². The quantitative estimate of drug-likeness (QED) is 0.786. The number of amides is 1. The highest BCUT2D eigenvalue weighted by Crippen LogP contribution is 2.36. The Morgan fingerprint density at radius 2 is 2.00 bits per heavy atom. The zero-order chi connectivity index (χ0) is 18.7. The number of aromatic carboxylic acids is 1. The van der Waals surface area contributed by atoms with E-state index in [0.717, 1.165) is 16.6 Å². The van der Waals surface area contributed by atoms with Crippen molar-refractivity contribution in [2.24, 2.45) is 4.99 Å². The van der Waals surface area contributed by atoms with Gasteiger partial charge in [-0.05, 0) is 35.4 Å². The van der Waals surface area contributed by atoms with Gasteiger partial charge >= 0.3 is 0 Å². The SMILES string of the molecule is COc1cc(N=C2NC(=O)/C(=C/c3cccs3)S2)c(C(=O)[O-])cc1OC. The molecule has 0 aliphatic carbocycles. The van der Waals surface area contributed by atoms with Crippen molar-refractivity contribution in [1.29, 1.82) is 0 Å². The molecule has 1 aromatic heterocycles. The summed E-state index contributed by atoms with van der Waals surface area (Å²) in [5, 5.41) is 16.2. The van der Waals surface area contributed by atoms with Gasteiger partial charge in [0.25, 0.3) is 5.91 Å². The van der Waals surface area contributed by atoms with Gasteiger partial charge in [-0.3, -0.25) is 4.79 Å². The van der Waals surface area contributed by atoms with Crippen LogP contribution in [0.4, 0.5) is 5.69 Å². The van der Waals surface area contributed by atoms with Gasteiger partial charge in [0.15, 0.2) is 16.7 Å². The maximum atomic E-state index is 12.1. The highest BCUT2D eigenvalue weighted by atomic mass is 32.2. The molecule has 7 nitrogen and oxygen atoms in total. The first-order valence-electron chi connectivity index (χ1n) is 7.32. The first kappa shape index (κ1) is 18.0. The minimum atomic E-state index is -1.41. The predicted octanol–water partition coefficient (Wildman–Crippen LogP) is 2.02. The molecule has 2 aromatic rings. The number of carbonyl (C=O) groups excluding carboxylic acids is 2. The Balaban J connectivity index is 1.97. The Morgan fingerprint density at radius 3 is 2.62 bits per heavy atom. The van der Waals surface area contributed by atoms with Crippen molar-refractivity contribution in [3.05, 3.63) is 45.0 Å². The van der Waals surface area contributed by atoms with E-state index in [0.29, 0.717) is 10.7 Å². The molecule has 0 radical (unpaired) electrons. The smallest absolute Gasteiger partial charge is 0.264 e. The van der Waals surface area contributed by atoms with Crippen molar-refractivity contribution in [1.82, 2.24) is 5.32 Å². The number of hydrogen-bond donors (Lipinski definition) is 1. The van der Waals surface area contributed by atoms with E-state index in [4.69, 9.17) is 9.47 Å². The van der Waals surface area contributed by atoms with E-state index < -0.39 is 5.97 Å². The average Bonchev–Trinajstić information content (AvgIpc) is 3.24. The number of carboxylic acid groups (broad SMARTS) is 1. The van der Waals surface area contributed by atoms with E-state index >= 15 is 0 Å². The van der Waals surface area contributed by atoms with Gasteiger partial charge < -0.3 is 24.7 Å². The molecule has 1 aliphatic rings. The molecule has 2 heterocycles. The van der Waals surface area contributed by atoms with Crippen LogP contribution in [0.5, 0.6) is 11.5 Å². The third-order valence-corrected chi connectivity index (χ3v) is 5.14. The van der Waals surface area contributed by atoms with Crippen molar-refractivity contribution in [3.8, 4) is 11.5 Å². The zero-order valence-corrected chi connectivity index (χ0v) is 15.4. The normalized spacial score (nSPS) is 16.8. The lowest BCUT2D eigenvalue weighted by atomic mass is 10.1. The summed E-state index contributed by atoms with van der Waals surface area (Å²) in [5.74, 6) is -1.14. The number of methoxy groups -OCH3 is 2. The van der Waals surface area contributed by atoms with E-state index in [1.807, 2.05) is 17.5 Å². The summed E-state index contributed by atoms with van der Waals surface area (Å²) < 4.78 is 10.3. The first-order valence-corrected chi connectivity index (χ1v) is 9.02. The number of nitrogens with one attached hydrogen (secondary N) is 1. The molecule has 9 heteroatoms. The molecule has 0 bridgehead atoms. The summed E-state index contributed by atoms with van der Waals surface area (Å²) in [4.78, 5) is 29.2. The third kappa shape index (κ3) is 3.73. The second-order valence-electron chi connectivity index (χ2n) is 5.01. The van der Waals surface area contributed by atoms with E-state index in [1.54, 1.807) is 6.08 Å². The second-order valence-corrected chi connectivity index (χ2v) is 7.02. The molecule has 1 N–H and O–H groups in total. The fourth-order valence-corrected chi connectivity index (χ4v) is 3.77. The number of hydrogen-bond acceptors (Lipinski definition) is 8. The number of thioether (sulfide) groups is 1. The number of rotatable bonds is 5. The number of nitrogens with zero attached hydrogens (tertiary/aromatic N) is 1. The van der Waals surface area contributed by atoms with Crippen molar-refractivity contribution < 1.29 is 24.2 Å². The van der Waals surface area contributed by atoms with Gasteiger partial charge in [-0.25, -0.2) is 4.99 Å². The molecular weight excluding hydrogens is 376 g/mol. The maximum Gasteiger partial charge on any atom is 0.264 e. The van der Waals surface area contributed by atoms with Crippen LogP contribution in [0.25, 0.3) is 6.08 Å². The lowest BCUT2D eigenvalue weighted by molar-refractivity contribution is -0.254. The highest BCUT2D eigenvalue weighted by Gasteiger charge is 2.24. The van der Waals surface area contributed by atoms with Crippen LogP contribution >= 0.6 is 23.1 Å². The molecule has 1 aromatic carbocycles. The van der Waals surface area contributed by atoms with Crippen LogP contribution in [-0.2, 0) is 4.79 Å². The molecule has 1 amide bonds. The van der Waals surface area contributed by atoms with Crippen LogP contribution in [0, 0.1) is 0 Å². The molecule has 3 rings (SSSR count). The Morgan fingerprint density at radius 1 is 1.27 bits per heavy atom. The van der Waals surface area contributed by atoms with E-state index in [-0.39, 0.29) is 28.1 Å².